The molecule has 3 atom stereocenters. The largest absolute Gasteiger partial charge is 0.256 e. The molecular weight excluding hydrogens is 579 g/mol. The van der Waals surface area contributed by atoms with Crippen molar-refractivity contribution in [1.29, 1.82) is 0 Å². The molecule has 48 heavy (non-hydrogen) atoms. The Hall–Kier alpha value is -5.01. The molecule has 0 radical (unpaired) electrons. The highest BCUT2D eigenvalue weighted by molar-refractivity contribution is 5.92. The highest BCUT2D eigenvalue weighted by atomic mass is 14.7. The van der Waals surface area contributed by atoms with Gasteiger partial charge in [0, 0.05) is 29.5 Å². The van der Waals surface area contributed by atoms with Crippen LogP contribution in [0.2, 0.25) is 0 Å². The van der Waals surface area contributed by atoms with Crippen molar-refractivity contribution in [3.63, 3.8) is 0 Å². The number of allylic oxidation sites excluding steroid dienone is 16. The van der Waals surface area contributed by atoms with Crippen molar-refractivity contribution >= 4 is 33.4 Å². The Morgan fingerprint density at radius 3 is 2.15 bits per heavy atom. The Morgan fingerprint density at radius 1 is 0.625 bits per heavy atom. The standard InChI is InChI=1S/C47H43N/c1-32-22-29-45(42-18-9-8-16-39(32)42)46-33(2)13-4-3-5-17-40(43-19-10-11-20-44(43)46)35-24-26-36(27-25-35)41-21-12-30-48-47(41)38-28-23-34-14-6-7-15-37(34)31-38/h3-16,18-21,23-24,26,28,30-31,33-34,37H,17,22,25,27,29H2,1-2H3/b5-3-,13-4-,43-40+,46-44+. The summed E-state index contributed by atoms with van der Waals surface area (Å²) in [5, 5.41) is 5.58. The Balaban J connectivity index is 1.28. The molecule has 0 saturated heterocycles. The maximum atomic E-state index is 4.93. The van der Waals surface area contributed by atoms with Gasteiger partial charge in [-0.25, -0.2) is 0 Å². The monoisotopic (exact) mass is 621 g/mol. The molecule has 0 amide bonds. The summed E-state index contributed by atoms with van der Waals surface area (Å²) in [7, 11) is 0. The third-order valence-corrected chi connectivity index (χ3v) is 10.8. The average Bonchev–Trinajstić information content (AvgIpc) is 3.14. The zero-order valence-corrected chi connectivity index (χ0v) is 28.1. The van der Waals surface area contributed by atoms with Gasteiger partial charge in [0.2, 0.25) is 0 Å². The van der Waals surface area contributed by atoms with E-state index in [4.69, 9.17) is 4.98 Å². The molecule has 8 rings (SSSR count). The summed E-state index contributed by atoms with van der Waals surface area (Å²) < 4.78 is 0. The Kier molecular flexibility index (Phi) is 8.37. The zero-order valence-electron chi connectivity index (χ0n) is 28.1. The van der Waals surface area contributed by atoms with Crippen LogP contribution >= 0.6 is 0 Å². The summed E-state index contributed by atoms with van der Waals surface area (Å²) in [5.74, 6) is 1.14. The molecule has 2 aromatic carbocycles. The topological polar surface area (TPSA) is 12.9 Å². The van der Waals surface area contributed by atoms with Crippen molar-refractivity contribution < 1.29 is 0 Å². The second kappa shape index (κ2) is 13.2. The summed E-state index contributed by atoms with van der Waals surface area (Å²) in [5.41, 5.74) is 12.3. The fourth-order valence-electron chi connectivity index (χ4n) is 8.29. The fourth-order valence-corrected chi connectivity index (χ4v) is 8.29. The SMILES string of the molecule is CC1=c2ccccc2=C(/C2=c3\cccc\c3=C(/C3=CC=C(c4cccnc4C4=CC5C=CC=CC5C=C4)CC3)C/C=C\C=C/C2C)CC1. The van der Waals surface area contributed by atoms with Gasteiger partial charge in [0.25, 0.3) is 0 Å². The average molecular weight is 622 g/mol. The van der Waals surface area contributed by atoms with Gasteiger partial charge in [0.05, 0.1) is 5.69 Å². The van der Waals surface area contributed by atoms with Crippen LogP contribution in [-0.2, 0) is 0 Å². The van der Waals surface area contributed by atoms with Gasteiger partial charge in [-0.3, -0.25) is 4.98 Å². The van der Waals surface area contributed by atoms with Crippen LogP contribution in [0.5, 0.6) is 0 Å². The lowest BCUT2D eigenvalue weighted by atomic mass is 9.80. The van der Waals surface area contributed by atoms with Crippen molar-refractivity contribution in [2.75, 3.05) is 0 Å². The molecule has 0 bridgehead atoms. The lowest BCUT2D eigenvalue weighted by molar-refractivity contribution is 0.662. The number of pyridine rings is 1. The molecule has 1 nitrogen and oxygen atoms in total. The normalized spacial score (nSPS) is 26.8. The summed E-state index contributed by atoms with van der Waals surface area (Å²) in [6.45, 7) is 4.67. The quantitative estimate of drug-likeness (QED) is 0.285. The minimum atomic E-state index is 0.297. The van der Waals surface area contributed by atoms with E-state index in [2.05, 4.69) is 153 Å². The molecule has 3 aromatic rings. The molecule has 1 aromatic heterocycles. The van der Waals surface area contributed by atoms with E-state index in [1.54, 1.807) is 0 Å². The lowest BCUT2D eigenvalue weighted by Crippen LogP contribution is -2.36. The van der Waals surface area contributed by atoms with E-state index in [0.717, 1.165) is 37.8 Å². The Labute approximate surface area is 284 Å². The van der Waals surface area contributed by atoms with Crippen LogP contribution in [0.1, 0.15) is 57.2 Å². The highest BCUT2D eigenvalue weighted by Crippen LogP contribution is 2.37. The molecule has 0 N–H and O–H groups in total. The number of aromatic nitrogens is 1. The first-order valence-corrected chi connectivity index (χ1v) is 17.7. The molecule has 236 valence electrons. The van der Waals surface area contributed by atoms with Gasteiger partial charge in [0.15, 0.2) is 0 Å². The first-order valence-electron chi connectivity index (χ1n) is 17.7. The highest BCUT2D eigenvalue weighted by Gasteiger charge is 2.23. The van der Waals surface area contributed by atoms with Crippen LogP contribution in [0.4, 0.5) is 0 Å². The van der Waals surface area contributed by atoms with E-state index < -0.39 is 0 Å². The smallest absolute Gasteiger partial charge is 0.0773 e. The molecule has 0 spiro atoms. The molecule has 3 unspecified atom stereocenters. The maximum absolute atomic E-state index is 4.93. The van der Waals surface area contributed by atoms with Crippen LogP contribution in [0.25, 0.3) is 33.4 Å². The summed E-state index contributed by atoms with van der Waals surface area (Å²) in [6.07, 6.45) is 37.0. The van der Waals surface area contributed by atoms with Crippen molar-refractivity contribution in [2.45, 2.75) is 46.0 Å². The first-order chi connectivity index (χ1) is 23.7. The second-order valence-electron chi connectivity index (χ2n) is 13.7. The number of benzene rings is 2. The molecule has 1 heteroatoms. The van der Waals surface area contributed by atoms with E-state index >= 15 is 0 Å². The molecule has 0 aliphatic heterocycles. The van der Waals surface area contributed by atoms with Gasteiger partial charge in [0.1, 0.15) is 0 Å². The molecule has 5 aliphatic rings. The van der Waals surface area contributed by atoms with Crippen molar-refractivity contribution in [1.82, 2.24) is 4.98 Å². The Bertz CT molecular complexity index is 2290. The minimum Gasteiger partial charge on any atom is -0.256 e. The van der Waals surface area contributed by atoms with Crippen LogP contribution in [0, 0.1) is 17.8 Å². The van der Waals surface area contributed by atoms with Crippen LogP contribution in [0.3, 0.4) is 0 Å². The molecule has 1 heterocycles. The predicted molar refractivity (Wildman–Crippen MR) is 204 cm³/mol. The first kappa shape index (κ1) is 30.3. The van der Waals surface area contributed by atoms with E-state index in [-0.39, 0.29) is 0 Å². The zero-order chi connectivity index (χ0) is 32.5. The van der Waals surface area contributed by atoms with Crippen molar-refractivity contribution in [2.24, 2.45) is 17.8 Å². The number of fused-ring (bicyclic) bond motifs is 3. The van der Waals surface area contributed by atoms with Crippen molar-refractivity contribution in [3.8, 4) is 0 Å². The van der Waals surface area contributed by atoms with Gasteiger partial charge in [-0.1, -0.05) is 146 Å². The fraction of sp³-hybridized carbons (Fsp3) is 0.213. The van der Waals surface area contributed by atoms with E-state index in [1.807, 2.05) is 6.20 Å². The van der Waals surface area contributed by atoms with E-state index in [1.165, 1.54) is 65.4 Å². The van der Waals surface area contributed by atoms with Gasteiger partial charge < -0.3 is 0 Å². The summed E-state index contributed by atoms with van der Waals surface area (Å²) in [4.78, 5) is 4.93. The number of nitrogens with zero attached hydrogens (tertiary/aromatic N) is 1. The van der Waals surface area contributed by atoms with Crippen molar-refractivity contribution in [3.05, 3.63) is 184 Å². The molecule has 0 saturated carbocycles. The Morgan fingerprint density at radius 2 is 1.33 bits per heavy atom. The number of hydrogen-bond donors (Lipinski definition) is 0. The third kappa shape index (κ3) is 5.73. The van der Waals surface area contributed by atoms with E-state index in [0.29, 0.717) is 17.8 Å². The van der Waals surface area contributed by atoms with E-state index in [9.17, 15) is 0 Å². The molecular formula is C47H43N. The number of rotatable bonds is 4. The van der Waals surface area contributed by atoms with Gasteiger partial charge in [-0.2, -0.15) is 0 Å². The third-order valence-electron chi connectivity index (χ3n) is 10.8. The van der Waals surface area contributed by atoms with Crippen LogP contribution in [0.15, 0.2) is 151 Å². The maximum Gasteiger partial charge on any atom is 0.0773 e. The van der Waals surface area contributed by atoms with Gasteiger partial charge in [-0.05, 0) is 99.4 Å². The predicted octanol–water partition coefficient (Wildman–Crippen LogP) is 8.47. The second-order valence-corrected chi connectivity index (χ2v) is 13.7. The molecule has 5 aliphatic carbocycles. The minimum absolute atomic E-state index is 0.297. The number of hydrogen-bond acceptors (Lipinski definition) is 1. The van der Waals surface area contributed by atoms with Gasteiger partial charge in [-0.15, -0.1) is 0 Å². The van der Waals surface area contributed by atoms with Gasteiger partial charge >= 0.3 is 0 Å². The van der Waals surface area contributed by atoms with Crippen LogP contribution in [-0.4, -0.2) is 4.98 Å². The molecule has 0 fully saturated rings. The summed E-state index contributed by atoms with van der Waals surface area (Å²) >= 11 is 0. The summed E-state index contributed by atoms with van der Waals surface area (Å²) in [6, 6.07) is 22.6. The van der Waals surface area contributed by atoms with Crippen LogP contribution < -0.4 is 20.9 Å². The lowest BCUT2D eigenvalue weighted by Gasteiger charge is -2.24.